The van der Waals surface area contributed by atoms with Crippen molar-refractivity contribution in [3.8, 4) is 0 Å². The van der Waals surface area contributed by atoms with Crippen molar-refractivity contribution >= 4 is 0 Å². The summed E-state index contributed by atoms with van der Waals surface area (Å²) in [5.74, 6) is 1.05. The van der Waals surface area contributed by atoms with E-state index >= 15 is 0 Å². The van der Waals surface area contributed by atoms with Crippen molar-refractivity contribution in [1.82, 2.24) is 0 Å². The van der Waals surface area contributed by atoms with Gasteiger partial charge in [-0.15, -0.1) is 0 Å². The fraction of sp³-hybridized carbons (Fsp3) is 0.0952. The first kappa shape index (κ1) is 14.7. The molecule has 108 valence electrons. The van der Waals surface area contributed by atoms with Crippen LogP contribution in [0.15, 0.2) is 96.1 Å². The van der Waals surface area contributed by atoms with E-state index in [0.29, 0.717) is 11.8 Å². The van der Waals surface area contributed by atoms with Crippen LogP contribution in [-0.2, 0) is 0 Å². The number of benzene rings is 2. The lowest BCUT2D eigenvalue weighted by atomic mass is 10.0. The smallest absolute Gasteiger partial charge is 0.0962 e. The summed E-state index contributed by atoms with van der Waals surface area (Å²) in [4.78, 5) is 0. The highest BCUT2D eigenvalue weighted by Crippen LogP contribution is 2.61. The fourth-order valence-electron chi connectivity index (χ4n) is 3.32. The van der Waals surface area contributed by atoms with E-state index in [4.69, 9.17) is 0 Å². The molecule has 2 unspecified atom stereocenters. The monoisotopic (exact) mass is 304 g/mol. The predicted molar refractivity (Wildman–Crippen MR) is 88.0 cm³/mol. The molecular formula is C21H17Cl. The van der Waals surface area contributed by atoms with E-state index in [1.807, 2.05) is 0 Å². The highest BCUT2D eigenvalue weighted by molar-refractivity contribution is 5.61. The molecule has 0 amide bonds. The van der Waals surface area contributed by atoms with Gasteiger partial charge in [-0.25, -0.2) is 0 Å². The average molecular weight is 305 g/mol. The lowest BCUT2D eigenvalue weighted by Crippen LogP contribution is -3.00. The van der Waals surface area contributed by atoms with Crippen LogP contribution in [0.25, 0.3) is 0 Å². The molecular weight excluding hydrogens is 288 g/mol. The molecule has 2 aromatic rings. The molecule has 2 aromatic carbocycles. The van der Waals surface area contributed by atoms with Gasteiger partial charge in [-0.2, -0.15) is 0 Å². The normalized spacial score (nSPS) is 22.0. The molecule has 0 saturated heterocycles. The van der Waals surface area contributed by atoms with Gasteiger partial charge < -0.3 is 12.4 Å². The van der Waals surface area contributed by atoms with Gasteiger partial charge in [0.15, 0.2) is 0 Å². The minimum Gasteiger partial charge on any atom is -1.00 e. The Morgan fingerprint density at radius 3 is 1.68 bits per heavy atom. The number of hydrogen-bond donors (Lipinski definition) is 0. The summed E-state index contributed by atoms with van der Waals surface area (Å²) >= 11 is 0. The van der Waals surface area contributed by atoms with E-state index in [-0.39, 0.29) is 12.4 Å². The Morgan fingerprint density at radius 2 is 1.23 bits per heavy atom. The van der Waals surface area contributed by atoms with Gasteiger partial charge in [0.2, 0.25) is 0 Å². The van der Waals surface area contributed by atoms with E-state index in [2.05, 4.69) is 91.4 Å². The third kappa shape index (κ3) is 2.63. The highest BCUT2D eigenvalue weighted by Gasteiger charge is 2.52. The van der Waals surface area contributed by atoms with Crippen molar-refractivity contribution in [2.45, 2.75) is 11.8 Å². The second-order valence-electron chi connectivity index (χ2n) is 5.60. The molecule has 0 bridgehead atoms. The molecule has 2 aliphatic rings. The van der Waals surface area contributed by atoms with Gasteiger partial charge in [-0.1, -0.05) is 60.7 Å². The van der Waals surface area contributed by atoms with Crippen molar-refractivity contribution in [3.63, 3.8) is 0 Å². The SMILES string of the molecule is C1=C[CH+]C(=C2C(c3ccccc3)C2c2ccccc2)C=C1.[Cl-]. The Bertz CT molecular complexity index is 676. The van der Waals surface area contributed by atoms with Gasteiger partial charge in [-0.05, 0) is 11.1 Å². The molecule has 0 nitrogen and oxygen atoms in total. The minimum atomic E-state index is 0. The molecule has 0 N–H and O–H groups in total. The zero-order valence-electron chi connectivity index (χ0n) is 12.2. The van der Waals surface area contributed by atoms with Crippen LogP contribution < -0.4 is 12.4 Å². The lowest BCUT2D eigenvalue weighted by molar-refractivity contribution is -0.00000398. The summed E-state index contributed by atoms with van der Waals surface area (Å²) in [6.45, 7) is 0. The standard InChI is InChI=1S/C21H17.ClH/c1-4-10-16(11-5-1)19-20(17-12-6-2-7-13-17)21(19)18-14-8-3-9-15-18;/h1-15,19-20H;1H/q+1;/p-1. The molecule has 1 fully saturated rings. The van der Waals surface area contributed by atoms with Gasteiger partial charge in [0, 0.05) is 36.3 Å². The molecule has 0 aliphatic heterocycles. The Morgan fingerprint density at radius 1 is 0.682 bits per heavy atom. The second kappa shape index (κ2) is 6.29. The summed E-state index contributed by atoms with van der Waals surface area (Å²) in [7, 11) is 0. The maximum Gasteiger partial charge on any atom is 0.0962 e. The van der Waals surface area contributed by atoms with Crippen LogP contribution in [0.3, 0.4) is 0 Å². The highest BCUT2D eigenvalue weighted by atomic mass is 35.5. The average Bonchev–Trinajstić information content (AvgIpc) is 3.33. The Balaban J connectivity index is 0.00000144. The van der Waals surface area contributed by atoms with Crippen LogP contribution in [0.2, 0.25) is 0 Å². The predicted octanol–water partition coefficient (Wildman–Crippen LogP) is 2.20. The maximum absolute atomic E-state index is 2.25. The van der Waals surface area contributed by atoms with Gasteiger partial charge in [0.05, 0.1) is 17.4 Å². The number of halogens is 1. The first-order valence-corrected chi connectivity index (χ1v) is 7.47. The van der Waals surface area contributed by atoms with Crippen LogP contribution in [-0.4, -0.2) is 0 Å². The molecule has 0 aromatic heterocycles. The van der Waals surface area contributed by atoms with Crippen LogP contribution >= 0.6 is 0 Å². The van der Waals surface area contributed by atoms with Crippen molar-refractivity contribution in [2.75, 3.05) is 0 Å². The summed E-state index contributed by atoms with van der Waals surface area (Å²) in [5, 5.41) is 0. The fourth-order valence-corrected chi connectivity index (χ4v) is 3.32. The molecule has 22 heavy (non-hydrogen) atoms. The van der Waals surface area contributed by atoms with Gasteiger partial charge in [0.25, 0.3) is 0 Å². The van der Waals surface area contributed by atoms with Crippen LogP contribution in [0.5, 0.6) is 0 Å². The van der Waals surface area contributed by atoms with Crippen LogP contribution in [0, 0.1) is 6.42 Å². The molecule has 2 aliphatic carbocycles. The van der Waals surface area contributed by atoms with Crippen molar-refractivity contribution in [1.29, 1.82) is 0 Å². The van der Waals surface area contributed by atoms with E-state index in [1.54, 1.807) is 5.57 Å². The molecule has 4 rings (SSSR count). The molecule has 0 radical (unpaired) electrons. The minimum absolute atomic E-state index is 0. The summed E-state index contributed by atoms with van der Waals surface area (Å²) < 4.78 is 0. The van der Waals surface area contributed by atoms with Gasteiger partial charge in [0.1, 0.15) is 0 Å². The van der Waals surface area contributed by atoms with Crippen LogP contribution in [0.4, 0.5) is 0 Å². The van der Waals surface area contributed by atoms with Crippen LogP contribution in [0.1, 0.15) is 23.0 Å². The van der Waals surface area contributed by atoms with Gasteiger partial charge in [-0.3, -0.25) is 0 Å². The van der Waals surface area contributed by atoms with Crippen molar-refractivity contribution in [2.24, 2.45) is 0 Å². The number of hydrogen-bond acceptors (Lipinski definition) is 0. The topological polar surface area (TPSA) is 0 Å². The summed E-state index contributed by atoms with van der Waals surface area (Å²) in [6, 6.07) is 21.7. The first-order valence-electron chi connectivity index (χ1n) is 7.47. The summed E-state index contributed by atoms with van der Waals surface area (Å²) in [6.07, 6.45) is 10.8. The zero-order valence-corrected chi connectivity index (χ0v) is 12.9. The Labute approximate surface area is 138 Å². The first-order chi connectivity index (χ1) is 10.4. The Kier molecular flexibility index (Phi) is 4.22. The quantitative estimate of drug-likeness (QED) is 0.746. The van der Waals surface area contributed by atoms with E-state index in [0.717, 1.165) is 0 Å². The largest absolute Gasteiger partial charge is 1.00 e. The Hall–Kier alpha value is -2.18. The van der Waals surface area contributed by atoms with E-state index in [9.17, 15) is 0 Å². The molecule has 1 saturated carbocycles. The van der Waals surface area contributed by atoms with E-state index in [1.165, 1.54) is 16.7 Å². The number of rotatable bonds is 2. The third-order valence-electron chi connectivity index (χ3n) is 4.32. The van der Waals surface area contributed by atoms with Crippen molar-refractivity contribution < 1.29 is 12.4 Å². The third-order valence-corrected chi connectivity index (χ3v) is 4.32. The second-order valence-corrected chi connectivity index (χ2v) is 5.60. The van der Waals surface area contributed by atoms with Crippen molar-refractivity contribution in [3.05, 3.63) is 114 Å². The molecule has 0 spiro atoms. The molecule has 0 heterocycles. The van der Waals surface area contributed by atoms with E-state index < -0.39 is 0 Å². The molecule has 2 atom stereocenters. The zero-order chi connectivity index (χ0) is 14.1. The number of allylic oxidation sites excluding steroid dienone is 6. The lowest BCUT2D eigenvalue weighted by Gasteiger charge is -1.97. The molecule has 1 heteroatoms. The maximum atomic E-state index is 2.25. The van der Waals surface area contributed by atoms with Gasteiger partial charge >= 0.3 is 0 Å². The summed E-state index contributed by atoms with van der Waals surface area (Å²) in [5.41, 5.74) is 5.77.